The summed E-state index contributed by atoms with van der Waals surface area (Å²) in [5, 5.41) is 1.46. The Morgan fingerprint density at radius 2 is 2.05 bits per heavy atom. The highest BCUT2D eigenvalue weighted by atomic mass is 32.2. The zero-order valence-corrected chi connectivity index (χ0v) is 13.1. The molecule has 2 heterocycles. The third-order valence-corrected chi connectivity index (χ3v) is 4.45. The van der Waals surface area contributed by atoms with Crippen molar-refractivity contribution in [2.24, 2.45) is 7.05 Å². The second-order valence-corrected chi connectivity index (χ2v) is 5.80. The van der Waals surface area contributed by atoms with Crippen LogP contribution in [-0.2, 0) is 7.05 Å². The molecule has 0 amide bonds. The largest absolute Gasteiger partial charge is 0.317 e. The molecule has 0 aliphatic heterocycles. The number of rotatable bonds is 3. The lowest BCUT2D eigenvalue weighted by molar-refractivity contribution is 0.112. The molecule has 0 aliphatic carbocycles. The van der Waals surface area contributed by atoms with Crippen LogP contribution in [0, 0.1) is 0 Å². The number of thioether (sulfide) groups is 1. The van der Waals surface area contributed by atoms with Gasteiger partial charge in [-0.05, 0) is 35.4 Å². The second-order valence-electron chi connectivity index (χ2n) is 4.95. The van der Waals surface area contributed by atoms with Crippen LogP contribution >= 0.6 is 11.8 Å². The van der Waals surface area contributed by atoms with Crippen molar-refractivity contribution in [3.63, 3.8) is 0 Å². The molecule has 0 saturated carbocycles. The lowest BCUT2D eigenvalue weighted by Crippen LogP contribution is -2.16. The average Bonchev–Trinajstić information content (AvgIpc) is 2.57. The van der Waals surface area contributed by atoms with Crippen molar-refractivity contribution in [3.05, 3.63) is 58.8 Å². The van der Waals surface area contributed by atoms with Gasteiger partial charge < -0.3 is 4.57 Å². The fourth-order valence-electron chi connectivity index (χ4n) is 2.52. The molecule has 0 N–H and O–H groups in total. The van der Waals surface area contributed by atoms with Gasteiger partial charge in [0.25, 0.3) is 5.56 Å². The maximum Gasteiger partial charge on any atom is 0.259 e. The van der Waals surface area contributed by atoms with Gasteiger partial charge in [0.1, 0.15) is 0 Å². The number of hydrogen-bond donors (Lipinski definition) is 0. The molecule has 4 nitrogen and oxygen atoms in total. The van der Waals surface area contributed by atoms with Crippen LogP contribution in [0.4, 0.5) is 0 Å². The van der Waals surface area contributed by atoms with E-state index in [2.05, 4.69) is 4.98 Å². The number of carbonyl (C=O) groups is 1. The van der Waals surface area contributed by atoms with Gasteiger partial charge >= 0.3 is 0 Å². The number of fused-ring (bicyclic) bond motifs is 1. The van der Waals surface area contributed by atoms with E-state index in [0.29, 0.717) is 10.9 Å². The molecule has 110 valence electrons. The molecule has 3 aromatic rings. The van der Waals surface area contributed by atoms with Gasteiger partial charge in [0.05, 0.1) is 5.39 Å². The van der Waals surface area contributed by atoms with Crippen molar-refractivity contribution >= 4 is 28.8 Å². The number of benzene rings is 1. The Balaban J connectivity index is 2.33. The van der Waals surface area contributed by atoms with Crippen LogP contribution < -0.4 is 5.56 Å². The molecular weight excluding hydrogens is 296 g/mol. The van der Waals surface area contributed by atoms with Gasteiger partial charge in [-0.15, -0.1) is 11.8 Å². The highest BCUT2D eigenvalue weighted by molar-refractivity contribution is 7.98. The highest BCUT2D eigenvalue weighted by Crippen LogP contribution is 2.30. The Morgan fingerprint density at radius 1 is 1.23 bits per heavy atom. The van der Waals surface area contributed by atoms with Crippen LogP contribution in [0.1, 0.15) is 10.4 Å². The summed E-state index contributed by atoms with van der Waals surface area (Å²) in [6, 6.07) is 7.54. The van der Waals surface area contributed by atoms with Gasteiger partial charge in [-0.2, -0.15) is 0 Å². The summed E-state index contributed by atoms with van der Waals surface area (Å²) < 4.78 is 1.56. The van der Waals surface area contributed by atoms with Gasteiger partial charge in [-0.1, -0.05) is 6.07 Å². The van der Waals surface area contributed by atoms with Crippen LogP contribution in [0.15, 0.2) is 52.5 Å². The van der Waals surface area contributed by atoms with E-state index in [1.54, 1.807) is 24.0 Å². The van der Waals surface area contributed by atoms with E-state index < -0.39 is 0 Å². The van der Waals surface area contributed by atoms with Gasteiger partial charge in [0.15, 0.2) is 6.29 Å². The first-order valence-electron chi connectivity index (χ1n) is 6.72. The number of aldehydes is 1. The molecule has 0 fully saturated rings. The zero-order chi connectivity index (χ0) is 15.7. The normalized spacial score (nSPS) is 10.8. The highest BCUT2D eigenvalue weighted by Gasteiger charge is 2.11. The summed E-state index contributed by atoms with van der Waals surface area (Å²) in [6.07, 6.45) is 7.90. The Hall–Kier alpha value is -2.40. The summed E-state index contributed by atoms with van der Waals surface area (Å²) in [4.78, 5) is 28.3. The maximum atomic E-state index is 12.2. The number of hydrogen-bond acceptors (Lipinski definition) is 4. The molecule has 0 aliphatic rings. The summed E-state index contributed by atoms with van der Waals surface area (Å²) in [6.45, 7) is 0. The topological polar surface area (TPSA) is 52.0 Å². The number of nitrogens with zero attached hydrogens (tertiary/aromatic N) is 2. The summed E-state index contributed by atoms with van der Waals surface area (Å²) in [5.74, 6) is 0. The molecule has 1 aromatic carbocycles. The first-order chi connectivity index (χ1) is 10.7. The monoisotopic (exact) mass is 310 g/mol. The Kier molecular flexibility index (Phi) is 3.81. The molecule has 22 heavy (non-hydrogen) atoms. The average molecular weight is 310 g/mol. The second kappa shape index (κ2) is 5.77. The number of pyridine rings is 2. The Bertz CT molecular complexity index is 932. The molecule has 0 unspecified atom stereocenters. The van der Waals surface area contributed by atoms with Crippen molar-refractivity contribution in [2.45, 2.75) is 4.90 Å². The van der Waals surface area contributed by atoms with Crippen molar-refractivity contribution in [1.82, 2.24) is 9.55 Å². The van der Waals surface area contributed by atoms with Crippen molar-refractivity contribution in [1.29, 1.82) is 0 Å². The minimum Gasteiger partial charge on any atom is -0.317 e. The maximum absolute atomic E-state index is 12.2. The number of carbonyl (C=O) groups excluding carboxylic acids is 1. The van der Waals surface area contributed by atoms with E-state index in [4.69, 9.17) is 0 Å². The van der Waals surface area contributed by atoms with E-state index in [-0.39, 0.29) is 5.56 Å². The molecule has 0 atom stereocenters. The Labute approximate surface area is 131 Å². The summed E-state index contributed by atoms with van der Waals surface area (Å²) >= 11 is 1.53. The first kappa shape index (κ1) is 14.5. The predicted molar refractivity (Wildman–Crippen MR) is 89.6 cm³/mol. The van der Waals surface area contributed by atoms with E-state index >= 15 is 0 Å². The molecule has 2 aromatic heterocycles. The minimum absolute atomic E-state index is 0.0681. The zero-order valence-electron chi connectivity index (χ0n) is 12.2. The Morgan fingerprint density at radius 3 is 2.77 bits per heavy atom. The van der Waals surface area contributed by atoms with Crippen molar-refractivity contribution < 1.29 is 4.79 Å². The lowest BCUT2D eigenvalue weighted by Gasteiger charge is -2.11. The first-order valence-corrected chi connectivity index (χ1v) is 7.95. The van der Waals surface area contributed by atoms with Gasteiger partial charge in [0.2, 0.25) is 0 Å². The lowest BCUT2D eigenvalue weighted by atomic mass is 10.0. The van der Waals surface area contributed by atoms with E-state index in [9.17, 15) is 9.59 Å². The summed E-state index contributed by atoms with van der Waals surface area (Å²) in [5.41, 5.74) is 2.53. The third kappa shape index (κ3) is 2.33. The van der Waals surface area contributed by atoms with Gasteiger partial charge in [-0.25, -0.2) is 0 Å². The third-order valence-electron chi connectivity index (χ3n) is 3.66. The van der Waals surface area contributed by atoms with E-state index in [1.807, 2.05) is 36.7 Å². The number of aromatic nitrogens is 2. The van der Waals surface area contributed by atoms with Gasteiger partial charge in [0, 0.05) is 41.7 Å². The molecule has 0 saturated heterocycles. The fourth-order valence-corrected chi connectivity index (χ4v) is 3.11. The molecule has 0 bridgehead atoms. The molecule has 0 radical (unpaired) electrons. The predicted octanol–water partition coefficient (Wildman–Crippen LogP) is 3.13. The van der Waals surface area contributed by atoms with Crippen LogP contribution in [0.3, 0.4) is 0 Å². The van der Waals surface area contributed by atoms with E-state index in [0.717, 1.165) is 27.7 Å². The van der Waals surface area contributed by atoms with Crippen LogP contribution in [0.2, 0.25) is 0 Å². The SMILES string of the molecule is CSc1cc(-c2cn(C)c(=O)c3cnccc23)ccc1C=O. The molecular formula is C17H14N2O2S. The van der Waals surface area contributed by atoms with Crippen LogP contribution in [0.25, 0.3) is 21.9 Å². The van der Waals surface area contributed by atoms with Crippen molar-refractivity contribution in [3.8, 4) is 11.1 Å². The minimum atomic E-state index is -0.0681. The van der Waals surface area contributed by atoms with Crippen molar-refractivity contribution in [2.75, 3.05) is 6.26 Å². The van der Waals surface area contributed by atoms with E-state index in [1.165, 1.54) is 11.8 Å². The summed E-state index contributed by atoms with van der Waals surface area (Å²) in [7, 11) is 1.73. The van der Waals surface area contributed by atoms with Crippen LogP contribution in [-0.4, -0.2) is 22.1 Å². The molecule has 0 spiro atoms. The number of aryl methyl sites for hydroxylation is 1. The molecule has 3 rings (SSSR count). The quantitative estimate of drug-likeness (QED) is 0.551. The smallest absolute Gasteiger partial charge is 0.259 e. The fraction of sp³-hybridized carbons (Fsp3) is 0.118. The molecule has 5 heteroatoms. The van der Waals surface area contributed by atoms with Gasteiger partial charge in [-0.3, -0.25) is 14.6 Å². The van der Waals surface area contributed by atoms with Crippen LogP contribution in [0.5, 0.6) is 0 Å². The standard InChI is InChI=1S/C17H14N2O2S/c1-19-9-15(13-5-6-18-8-14(13)17(19)21)11-3-4-12(10-20)16(7-11)22-2/h3-10H,1-2H3.